The van der Waals surface area contributed by atoms with Gasteiger partial charge in [0.15, 0.2) is 5.75 Å². The number of amides is 2. The summed E-state index contributed by atoms with van der Waals surface area (Å²) in [5.41, 5.74) is 1.53. The van der Waals surface area contributed by atoms with Crippen LogP contribution in [0.25, 0.3) is 6.08 Å². The normalized spacial score (nSPS) is 15.8. The number of halogens is 3. The molecule has 2 aromatic rings. The molecule has 0 aromatic heterocycles. The first-order valence-electron chi connectivity index (χ1n) is 7.43. The molecule has 4 nitrogen and oxygen atoms in total. The molecule has 0 spiro atoms. The van der Waals surface area contributed by atoms with Gasteiger partial charge >= 0.3 is 0 Å². The molecule has 1 aliphatic rings. The van der Waals surface area contributed by atoms with E-state index in [0.717, 1.165) is 22.2 Å². The number of thioether (sulfide) groups is 1. The quantitative estimate of drug-likeness (QED) is 0.569. The van der Waals surface area contributed by atoms with Crippen LogP contribution in [0.5, 0.6) is 5.75 Å². The maximum absolute atomic E-state index is 12.0. The molecule has 2 aromatic carbocycles. The predicted molar refractivity (Wildman–Crippen MR) is 106 cm³/mol. The van der Waals surface area contributed by atoms with Gasteiger partial charge in [0.25, 0.3) is 11.1 Å². The summed E-state index contributed by atoms with van der Waals surface area (Å²) in [6.45, 7) is 0.282. The number of nitrogens with zero attached hydrogens (tertiary/aromatic N) is 1. The van der Waals surface area contributed by atoms with Crippen LogP contribution < -0.4 is 4.74 Å². The molecule has 1 heterocycles. The second-order valence-electron chi connectivity index (χ2n) is 5.47. The Kier molecular flexibility index (Phi) is 5.82. The van der Waals surface area contributed by atoms with Crippen LogP contribution in [0.15, 0.2) is 41.3 Å². The molecule has 0 saturated carbocycles. The molecule has 0 N–H and O–H groups in total. The van der Waals surface area contributed by atoms with Gasteiger partial charge in [0.05, 0.1) is 15.0 Å². The number of likely N-dealkylation sites (N-methyl/N-ethyl adjacent to an activating group) is 1. The fraction of sp³-hybridized carbons (Fsp3) is 0.111. The topological polar surface area (TPSA) is 46.6 Å². The Hall–Kier alpha value is -1.66. The van der Waals surface area contributed by atoms with Crippen molar-refractivity contribution >= 4 is 63.8 Å². The van der Waals surface area contributed by atoms with E-state index in [1.54, 1.807) is 30.3 Å². The lowest BCUT2D eigenvalue weighted by atomic mass is 10.2. The fourth-order valence-corrected chi connectivity index (χ4v) is 3.80. The summed E-state index contributed by atoms with van der Waals surface area (Å²) in [5, 5.41) is 0.953. The highest BCUT2D eigenvalue weighted by Crippen LogP contribution is 2.37. The third-order valence-corrected chi connectivity index (χ3v) is 5.38. The molecule has 0 aliphatic carbocycles. The molecule has 8 heteroatoms. The molecular formula is C18H12Cl3NO3S. The lowest BCUT2D eigenvalue weighted by Crippen LogP contribution is -2.22. The molecule has 26 heavy (non-hydrogen) atoms. The van der Waals surface area contributed by atoms with E-state index in [-0.39, 0.29) is 17.8 Å². The second-order valence-corrected chi connectivity index (χ2v) is 7.71. The van der Waals surface area contributed by atoms with Crippen LogP contribution in [-0.2, 0) is 11.4 Å². The summed E-state index contributed by atoms with van der Waals surface area (Å²) >= 11 is 19.3. The van der Waals surface area contributed by atoms with E-state index >= 15 is 0 Å². The number of hydrogen-bond donors (Lipinski definition) is 0. The van der Waals surface area contributed by atoms with Crippen molar-refractivity contribution in [3.63, 3.8) is 0 Å². The van der Waals surface area contributed by atoms with Gasteiger partial charge < -0.3 is 4.74 Å². The van der Waals surface area contributed by atoms with E-state index in [1.807, 2.05) is 12.1 Å². The van der Waals surface area contributed by atoms with Crippen molar-refractivity contribution in [3.05, 3.63) is 67.5 Å². The molecule has 0 unspecified atom stereocenters. The van der Waals surface area contributed by atoms with E-state index in [0.29, 0.717) is 31.3 Å². The standard InChI is InChI=1S/C18H12Cl3NO3S/c1-22-17(23)15(26-18(22)24)8-11-6-13(20)16(14(21)7-11)25-9-10-2-4-12(19)5-3-10/h2-8H,9H2,1H3/b15-8-. The third kappa shape index (κ3) is 4.18. The SMILES string of the molecule is CN1C(=O)S/C(=C\c2cc(Cl)c(OCc3ccc(Cl)cc3)c(Cl)c2)C1=O. The van der Waals surface area contributed by atoms with Crippen LogP contribution in [0.2, 0.25) is 15.1 Å². The third-order valence-electron chi connectivity index (χ3n) is 3.60. The van der Waals surface area contributed by atoms with Crippen molar-refractivity contribution in [2.24, 2.45) is 0 Å². The smallest absolute Gasteiger partial charge is 0.293 e. The number of imide groups is 1. The molecule has 134 valence electrons. The molecule has 1 aliphatic heterocycles. The van der Waals surface area contributed by atoms with Crippen LogP contribution in [0.1, 0.15) is 11.1 Å². The molecule has 0 bridgehead atoms. The molecular weight excluding hydrogens is 417 g/mol. The zero-order valence-electron chi connectivity index (χ0n) is 13.5. The van der Waals surface area contributed by atoms with Gasteiger partial charge in [0.2, 0.25) is 0 Å². The Bertz CT molecular complexity index is 889. The van der Waals surface area contributed by atoms with Crippen LogP contribution in [0.3, 0.4) is 0 Å². The molecule has 3 rings (SSSR count). The van der Waals surface area contributed by atoms with Gasteiger partial charge in [-0.2, -0.15) is 0 Å². The van der Waals surface area contributed by atoms with Crippen LogP contribution >= 0.6 is 46.6 Å². The second kappa shape index (κ2) is 7.92. The average molecular weight is 429 g/mol. The minimum absolute atomic E-state index is 0.282. The Balaban J connectivity index is 1.79. The first kappa shape index (κ1) is 19.1. The van der Waals surface area contributed by atoms with E-state index in [2.05, 4.69) is 0 Å². The van der Waals surface area contributed by atoms with E-state index < -0.39 is 0 Å². The summed E-state index contributed by atoms with van der Waals surface area (Å²) in [4.78, 5) is 24.9. The first-order chi connectivity index (χ1) is 12.3. The van der Waals surface area contributed by atoms with Crippen molar-refractivity contribution < 1.29 is 14.3 Å². The van der Waals surface area contributed by atoms with E-state index in [4.69, 9.17) is 39.5 Å². The van der Waals surface area contributed by atoms with Crippen LogP contribution in [0.4, 0.5) is 4.79 Å². The van der Waals surface area contributed by atoms with Crippen LogP contribution in [-0.4, -0.2) is 23.1 Å². The highest BCUT2D eigenvalue weighted by Gasteiger charge is 2.31. The predicted octanol–water partition coefficient (Wildman–Crippen LogP) is 5.89. The summed E-state index contributed by atoms with van der Waals surface area (Å²) in [5.74, 6) is -0.000612. The van der Waals surface area contributed by atoms with Gasteiger partial charge in [-0.1, -0.05) is 46.9 Å². The summed E-state index contributed by atoms with van der Waals surface area (Å²) in [6.07, 6.45) is 1.58. The van der Waals surface area contributed by atoms with E-state index in [1.165, 1.54) is 7.05 Å². The lowest BCUT2D eigenvalue weighted by Gasteiger charge is -2.11. The molecule has 0 radical (unpaired) electrons. The van der Waals surface area contributed by atoms with Crippen LogP contribution in [0, 0.1) is 0 Å². The summed E-state index contributed by atoms with van der Waals surface area (Å²) < 4.78 is 5.71. The minimum atomic E-state index is -0.352. The summed E-state index contributed by atoms with van der Waals surface area (Å²) in [7, 11) is 1.44. The first-order valence-corrected chi connectivity index (χ1v) is 9.38. The monoisotopic (exact) mass is 427 g/mol. The molecule has 1 fully saturated rings. The number of rotatable bonds is 4. The lowest BCUT2D eigenvalue weighted by molar-refractivity contribution is -0.121. The molecule has 0 atom stereocenters. The highest BCUT2D eigenvalue weighted by atomic mass is 35.5. The largest absolute Gasteiger partial charge is 0.486 e. The van der Waals surface area contributed by atoms with Crippen molar-refractivity contribution in [2.75, 3.05) is 7.05 Å². The Morgan fingerprint density at radius 3 is 2.23 bits per heavy atom. The highest BCUT2D eigenvalue weighted by molar-refractivity contribution is 8.18. The zero-order chi connectivity index (χ0) is 18.8. The average Bonchev–Trinajstić information content (AvgIpc) is 2.83. The maximum Gasteiger partial charge on any atom is 0.293 e. The van der Waals surface area contributed by atoms with Gasteiger partial charge in [0.1, 0.15) is 6.61 Å². The maximum atomic E-state index is 12.0. The zero-order valence-corrected chi connectivity index (χ0v) is 16.5. The Labute approximate surface area is 169 Å². The number of carbonyl (C=O) groups excluding carboxylic acids is 2. The van der Waals surface area contributed by atoms with Gasteiger partial charge in [-0.15, -0.1) is 0 Å². The van der Waals surface area contributed by atoms with Gasteiger partial charge in [-0.25, -0.2) is 0 Å². The Morgan fingerprint density at radius 1 is 1.08 bits per heavy atom. The summed E-state index contributed by atoms with van der Waals surface area (Å²) in [6, 6.07) is 10.5. The van der Waals surface area contributed by atoms with Crippen molar-refractivity contribution in [1.29, 1.82) is 0 Å². The Morgan fingerprint density at radius 2 is 1.69 bits per heavy atom. The van der Waals surface area contributed by atoms with Gasteiger partial charge in [-0.05, 0) is 53.2 Å². The fourth-order valence-electron chi connectivity index (χ4n) is 2.23. The number of benzene rings is 2. The van der Waals surface area contributed by atoms with Gasteiger partial charge in [0, 0.05) is 12.1 Å². The number of ether oxygens (including phenoxy) is 1. The van der Waals surface area contributed by atoms with Crippen molar-refractivity contribution in [1.82, 2.24) is 4.90 Å². The van der Waals surface area contributed by atoms with Crippen molar-refractivity contribution in [2.45, 2.75) is 6.61 Å². The molecule has 2 amide bonds. The van der Waals surface area contributed by atoms with Crippen molar-refractivity contribution in [3.8, 4) is 5.75 Å². The minimum Gasteiger partial charge on any atom is -0.486 e. The van der Waals surface area contributed by atoms with Gasteiger partial charge in [-0.3, -0.25) is 14.5 Å². The van der Waals surface area contributed by atoms with E-state index in [9.17, 15) is 9.59 Å². The molecule has 1 saturated heterocycles. The number of carbonyl (C=O) groups is 2. The number of hydrogen-bond acceptors (Lipinski definition) is 4.